The summed E-state index contributed by atoms with van der Waals surface area (Å²) in [5.41, 5.74) is 1.79. The van der Waals surface area contributed by atoms with Gasteiger partial charge < -0.3 is 10.7 Å². The van der Waals surface area contributed by atoms with Crippen molar-refractivity contribution in [2.75, 3.05) is 10.7 Å². The molecule has 0 aliphatic heterocycles. The zero-order chi connectivity index (χ0) is 16.3. The molecule has 0 atom stereocenters. The fraction of sp³-hybridized carbons (Fsp3) is 0.0833. The van der Waals surface area contributed by atoms with Crippen LogP contribution in [0.1, 0.15) is 6.92 Å². The van der Waals surface area contributed by atoms with Gasteiger partial charge in [0.15, 0.2) is 5.82 Å². The number of nitrogen functional groups attached to an aromatic ring is 1. The second kappa shape index (κ2) is 5.95. The van der Waals surface area contributed by atoms with Crippen LogP contribution in [0.15, 0.2) is 46.1 Å². The van der Waals surface area contributed by atoms with Gasteiger partial charge in [-0.15, -0.1) is 9.19 Å². The summed E-state index contributed by atoms with van der Waals surface area (Å²) in [6.45, 7) is 1.33. The Labute approximate surface area is 125 Å². The second-order valence-electron chi connectivity index (χ2n) is 4.25. The number of benzene rings is 1. The Bertz CT molecular complexity index is 858. The van der Waals surface area contributed by atoms with Gasteiger partial charge in [0.1, 0.15) is 0 Å². The maximum Gasteiger partial charge on any atom is 0.286 e. The minimum absolute atomic E-state index is 0.0260. The molecule has 9 nitrogen and oxygen atoms in total. The lowest BCUT2D eigenvalue weighted by atomic mass is 10.3. The maximum atomic E-state index is 12.4. The van der Waals surface area contributed by atoms with Gasteiger partial charge in [-0.2, -0.15) is 8.42 Å². The van der Waals surface area contributed by atoms with E-state index < -0.39 is 15.6 Å². The van der Waals surface area contributed by atoms with Crippen LogP contribution < -0.4 is 22.1 Å². The van der Waals surface area contributed by atoms with Gasteiger partial charge in [-0.25, -0.2) is 5.84 Å². The van der Waals surface area contributed by atoms with Gasteiger partial charge in [0.25, 0.3) is 15.6 Å². The largest absolute Gasteiger partial charge is 0.326 e. The number of nitrogens with one attached hydrogen (secondary N) is 2. The molecule has 1 amide bonds. The monoisotopic (exact) mass is 323 g/mol. The predicted molar refractivity (Wildman–Crippen MR) is 79.6 cm³/mol. The Kier molecular flexibility index (Phi) is 4.24. The highest BCUT2D eigenvalue weighted by atomic mass is 32.2. The number of rotatable bonds is 4. The number of carbonyl (C=O) groups excluding carboxylic acids is 1. The fourth-order valence-corrected chi connectivity index (χ4v) is 2.83. The maximum absolute atomic E-state index is 12.4. The Balaban J connectivity index is 2.46. The summed E-state index contributed by atoms with van der Waals surface area (Å²) in [7, 11) is -4.16. The molecule has 0 bridgehead atoms. The first-order valence-corrected chi connectivity index (χ1v) is 7.49. The van der Waals surface area contributed by atoms with Gasteiger partial charge >= 0.3 is 0 Å². The quantitative estimate of drug-likeness (QED) is 0.520. The molecule has 0 saturated carbocycles. The van der Waals surface area contributed by atoms with E-state index in [2.05, 4.69) is 15.8 Å². The van der Waals surface area contributed by atoms with Crippen molar-refractivity contribution in [3.63, 3.8) is 0 Å². The van der Waals surface area contributed by atoms with Gasteiger partial charge in [0, 0.05) is 18.7 Å². The first kappa shape index (κ1) is 15.7. The van der Waals surface area contributed by atoms with Crippen LogP contribution in [0.3, 0.4) is 0 Å². The molecule has 0 unspecified atom stereocenters. The molecule has 2 rings (SSSR count). The summed E-state index contributed by atoms with van der Waals surface area (Å²) in [6, 6.07) is 7.63. The summed E-state index contributed by atoms with van der Waals surface area (Å²) < 4.78 is 25.1. The third-order valence-corrected chi connectivity index (χ3v) is 4.20. The number of hydrogen-bond donors (Lipinski definition) is 3. The molecule has 1 aromatic carbocycles. The van der Waals surface area contributed by atoms with Crippen molar-refractivity contribution in [1.29, 1.82) is 0 Å². The van der Waals surface area contributed by atoms with Crippen LogP contribution in [0.4, 0.5) is 11.5 Å². The van der Waals surface area contributed by atoms with E-state index in [1.54, 1.807) is 0 Å². The molecule has 10 heteroatoms. The SMILES string of the molecule is CC(=O)Nc1ccc(S(=O)(=O)n2nc(NN)ccc2=O)cc1. The van der Waals surface area contributed by atoms with Crippen LogP contribution in [0.2, 0.25) is 0 Å². The van der Waals surface area contributed by atoms with Crippen LogP contribution in [0.25, 0.3) is 0 Å². The molecule has 0 saturated heterocycles. The van der Waals surface area contributed by atoms with E-state index >= 15 is 0 Å². The lowest BCUT2D eigenvalue weighted by Gasteiger charge is -2.08. The van der Waals surface area contributed by atoms with Gasteiger partial charge in [-0.05, 0) is 30.3 Å². The smallest absolute Gasteiger partial charge is 0.286 e. The standard InChI is InChI=1S/C12H13N5O4S/c1-8(18)14-9-2-4-10(5-3-9)22(20,21)17-12(19)7-6-11(15-13)16-17/h2-7H,13H2,1H3,(H,14,18)(H,15,16). The van der Waals surface area contributed by atoms with Crippen molar-refractivity contribution in [3.05, 3.63) is 46.8 Å². The molecular weight excluding hydrogens is 310 g/mol. The first-order chi connectivity index (χ1) is 10.3. The second-order valence-corrected chi connectivity index (χ2v) is 6.02. The van der Waals surface area contributed by atoms with Crippen LogP contribution in [-0.2, 0) is 14.8 Å². The molecule has 0 radical (unpaired) electrons. The topological polar surface area (TPSA) is 136 Å². The number of carbonyl (C=O) groups is 1. The average Bonchev–Trinajstić information content (AvgIpc) is 2.47. The van der Waals surface area contributed by atoms with Crippen molar-refractivity contribution in [2.24, 2.45) is 5.84 Å². The van der Waals surface area contributed by atoms with E-state index in [9.17, 15) is 18.0 Å². The number of amides is 1. The highest BCUT2D eigenvalue weighted by molar-refractivity contribution is 7.89. The Morgan fingerprint density at radius 2 is 1.82 bits per heavy atom. The number of nitrogens with two attached hydrogens (primary N) is 1. The average molecular weight is 323 g/mol. The zero-order valence-electron chi connectivity index (χ0n) is 11.5. The highest BCUT2D eigenvalue weighted by Crippen LogP contribution is 2.15. The normalized spacial score (nSPS) is 11.0. The third-order valence-electron chi connectivity index (χ3n) is 2.62. The zero-order valence-corrected chi connectivity index (χ0v) is 12.3. The lowest BCUT2D eigenvalue weighted by Crippen LogP contribution is -2.30. The highest BCUT2D eigenvalue weighted by Gasteiger charge is 2.20. The van der Waals surface area contributed by atoms with Gasteiger partial charge in [0.2, 0.25) is 5.91 Å². The van der Waals surface area contributed by atoms with Crippen molar-refractivity contribution in [3.8, 4) is 0 Å². The minimum atomic E-state index is -4.16. The molecule has 1 heterocycles. The number of aromatic nitrogens is 2. The van der Waals surface area contributed by atoms with Crippen LogP contribution in [0, 0.1) is 0 Å². The third kappa shape index (κ3) is 3.13. The van der Waals surface area contributed by atoms with E-state index in [-0.39, 0.29) is 16.6 Å². The Morgan fingerprint density at radius 1 is 1.18 bits per heavy atom. The number of hydrogen-bond acceptors (Lipinski definition) is 7. The van der Waals surface area contributed by atoms with E-state index in [1.807, 2.05) is 0 Å². The van der Waals surface area contributed by atoms with E-state index in [0.717, 1.165) is 6.07 Å². The molecule has 0 fully saturated rings. The molecule has 0 aliphatic rings. The van der Waals surface area contributed by atoms with Gasteiger partial charge in [-0.3, -0.25) is 9.59 Å². The molecule has 0 spiro atoms. The minimum Gasteiger partial charge on any atom is -0.326 e. The Hall–Kier alpha value is -2.72. The molecule has 1 aromatic heterocycles. The van der Waals surface area contributed by atoms with E-state index in [4.69, 9.17) is 5.84 Å². The molecular formula is C12H13N5O4S. The summed E-state index contributed by atoms with van der Waals surface area (Å²) in [5.74, 6) is 4.90. The van der Waals surface area contributed by atoms with Crippen LogP contribution >= 0.6 is 0 Å². The van der Waals surface area contributed by atoms with Crippen molar-refractivity contribution in [2.45, 2.75) is 11.8 Å². The van der Waals surface area contributed by atoms with Crippen molar-refractivity contribution < 1.29 is 13.2 Å². The summed E-state index contributed by atoms with van der Waals surface area (Å²) in [6.07, 6.45) is 0. The number of nitrogens with zero attached hydrogens (tertiary/aromatic N) is 2. The molecule has 0 aliphatic carbocycles. The van der Waals surface area contributed by atoms with Crippen molar-refractivity contribution >= 4 is 27.4 Å². The van der Waals surface area contributed by atoms with Crippen LogP contribution in [0.5, 0.6) is 0 Å². The molecule has 22 heavy (non-hydrogen) atoms. The molecule has 2 aromatic rings. The van der Waals surface area contributed by atoms with Gasteiger partial charge in [0.05, 0.1) is 4.90 Å². The van der Waals surface area contributed by atoms with Crippen molar-refractivity contribution in [1.82, 2.24) is 9.19 Å². The van der Waals surface area contributed by atoms with Crippen LogP contribution in [-0.4, -0.2) is 23.5 Å². The molecule has 4 N–H and O–H groups in total. The van der Waals surface area contributed by atoms with E-state index in [1.165, 1.54) is 37.3 Å². The number of anilines is 2. The summed E-state index contributed by atoms with van der Waals surface area (Å²) in [5, 5.41) is 6.13. The number of hydrazine groups is 1. The summed E-state index contributed by atoms with van der Waals surface area (Å²) >= 11 is 0. The Morgan fingerprint density at radius 3 is 2.36 bits per heavy atom. The summed E-state index contributed by atoms with van der Waals surface area (Å²) in [4.78, 5) is 22.5. The first-order valence-electron chi connectivity index (χ1n) is 6.05. The fourth-order valence-electron chi connectivity index (χ4n) is 1.66. The lowest BCUT2D eigenvalue weighted by molar-refractivity contribution is -0.114. The van der Waals surface area contributed by atoms with Gasteiger partial charge in [-0.1, -0.05) is 0 Å². The predicted octanol–water partition coefficient (Wildman–Crippen LogP) is -0.276. The van der Waals surface area contributed by atoms with E-state index in [0.29, 0.717) is 9.77 Å². The molecule has 116 valence electrons.